The van der Waals surface area contributed by atoms with Gasteiger partial charge in [0.05, 0.1) is 12.6 Å². The van der Waals surface area contributed by atoms with Crippen LogP contribution in [0.15, 0.2) is 24.3 Å². The van der Waals surface area contributed by atoms with E-state index >= 15 is 0 Å². The zero-order chi connectivity index (χ0) is 12.5. The molecule has 2 heteroatoms. The maximum Gasteiger partial charge on any atom is 0.0659 e. The summed E-state index contributed by atoms with van der Waals surface area (Å²) in [7, 11) is 0. The van der Waals surface area contributed by atoms with Gasteiger partial charge in [-0.05, 0) is 24.0 Å². The average molecular weight is 235 g/mol. The number of ether oxygens (including phenoxy) is 1. The van der Waals surface area contributed by atoms with Crippen molar-refractivity contribution >= 4 is 0 Å². The van der Waals surface area contributed by atoms with E-state index in [1.807, 2.05) is 0 Å². The normalized spacial score (nSPS) is 12.6. The maximum atomic E-state index is 6.08. The Morgan fingerprint density at radius 1 is 1.12 bits per heavy atom. The third kappa shape index (κ3) is 5.33. The summed E-state index contributed by atoms with van der Waals surface area (Å²) in [5, 5.41) is 0. The molecule has 0 radical (unpaired) electrons. The van der Waals surface area contributed by atoms with Crippen molar-refractivity contribution in [2.24, 2.45) is 5.73 Å². The smallest absolute Gasteiger partial charge is 0.0659 e. The first kappa shape index (κ1) is 14.2. The molecule has 0 saturated heterocycles. The Hall–Kier alpha value is -0.860. The summed E-state index contributed by atoms with van der Waals surface area (Å²) in [4.78, 5) is 0. The maximum absolute atomic E-state index is 6.08. The Balaban J connectivity index is 2.28. The van der Waals surface area contributed by atoms with Gasteiger partial charge in [0.25, 0.3) is 0 Å². The van der Waals surface area contributed by atoms with E-state index in [0.29, 0.717) is 6.61 Å². The summed E-state index contributed by atoms with van der Waals surface area (Å²) < 4.78 is 5.58. The van der Waals surface area contributed by atoms with Gasteiger partial charge in [-0.25, -0.2) is 0 Å². The van der Waals surface area contributed by atoms with Gasteiger partial charge in [0.2, 0.25) is 0 Å². The van der Waals surface area contributed by atoms with Crippen LogP contribution in [0.5, 0.6) is 0 Å². The van der Waals surface area contributed by atoms with Gasteiger partial charge in [-0.1, -0.05) is 51.0 Å². The minimum Gasteiger partial charge on any atom is -0.379 e. The molecule has 1 aromatic carbocycles. The predicted octanol–water partition coefficient (Wildman–Crippen LogP) is 3.46. The highest BCUT2D eigenvalue weighted by molar-refractivity contribution is 5.24. The lowest BCUT2D eigenvalue weighted by Crippen LogP contribution is -2.17. The van der Waals surface area contributed by atoms with Gasteiger partial charge < -0.3 is 10.5 Å². The van der Waals surface area contributed by atoms with Crippen LogP contribution in [-0.4, -0.2) is 13.2 Å². The molecule has 17 heavy (non-hydrogen) atoms. The monoisotopic (exact) mass is 235 g/mol. The van der Waals surface area contributed by atoms with Crippen LogP contribution in [0.2, 0.25) is 0 Å². The molecule has 0 aliphatic rings. The summed E-state index contributed by atoms with van der Waals surface area (Å²) in [5.41, 5.74) is 8.59. The number of unbranched alkanes of at least 4 members (excludes halogenated alkanes) is 2. The number of nitrogens with two attached hydrogens (primary N) is 1. The Labute approximate surface area is 105 Å². The van der Waals surface area contributed by atoms with Gasteiger partial charge in [0, 0.05) is 6.61 Å². The molecule has 2 nitrogen and oxygen atoms in total. The van der Waals surface area contributed by atoms with Gasteiger partial charge in [0.15, 0.2) is 0 Å². The lowest BCUT2D eigenvalue weighted by atomic mass is 10.1. The predicted molar refractivity (Wildman–Crippen MR) is 73.1 cm³/mol. The minimum atomic E-state index is 0.00235. The van der Waals surface area contributed by atoms with Gasteiger partial charge >= 0.3 is 0 Å². The van der Waals surface area contributed by atoms with Crippen molar-refractivity contribution < 1.29 is 4.74 Å². The van der Waals surface area contributed by atoms with Crippen LogP contribution in [0, 0.1) is 0 Å². The van der Waals surface area contributed by atoms with Crippen LogP contribution in [0.3, 0.4) is 0 Å². The van der Waals surface area contributed by atoms with E-state index in [4.69, 9.17) is 10.5 Å². The number of rotatable bonds is 8. The summed E-state index contributed by atoms with van der Waals surface area (Å²) >= 11 is 0. The summed E-state index contributed by atoms with van der Waals surface area (Å²) in [5.74, 6) is 0. The Bertz CT molecular complexity index is 294. The molecule has 1 aromatic rings. The Morgan fingerprint density at radius 2 is 1.82 bits per heavy atom. The lowest BCUT2D eigenvalue weighted by Gasteiger charge is -2.13. The first-order chi connectivity index (χ1) is 8.27. The van der Waals surface area contributed by atoms with Crippen molar-refractivity contribution in [3.8, 4) is 0 Å². The molecule has 0 aliphatic carbocycles. The van der Waals surface area contributed by atoms with E-state index in [1.54, 1.807) is 0 Å². The number of aryl methyl sites for hydroxylation is 1. The summed E-state index contributed by atoms with van der Waals surface area (Å²) in [6, 6.07) is 8.51. The molecule has 0 aromatic heterocycles. The molecule has 0 bridgehead atoms. The van der Waals surface area contributed by atoms with Crippen LogP contribution in [0.4, 0.5) is 0 Å². The van der Waals surface area contributed by atoms with Crippen molar-refractivity contribution in [3.63, 3.8) is 0 Å². The van der Waals surface area contributed by atoms with Crippen molar-refractivity contribution in [1.29, 1.82) is 0 Å². The van der Waals surface area contributed by atoms with E-state index < -0.39 is 0 Å². The molecule has 0 fully saturated rings. The molecule has 0 heterocycles. The molecule has 1 atom stereocenters. The Kier molecular flexibility index (Phi) is 6.90. The highest BCUT2D eigenvalue weighted by atomic mass is 16.5. The fourth-order valence-corrected chi connectivity index (χ4v) is 1.76. The van der Waals surface area contributed by atoms with E-state index in [0.717, 1.165) is 25.0 Å². The fourth-order valence-electron chi connectivity index (χ4n) is 1.76. The molecular weight excluding hydrogens is 210 g/mol. The highest BCUT2D eigenvalue weighted by Crippen LogP contribution is 2.12. The standard InChI is InChI=1S/C15H25NO/c1-3-5-6-11-17-12-15(16)14-9-7-13(4-2)8-10-14/h7-10,15H,3-6,11-12,16H2,1-2H3. The summed E-state index contributed by atoms with van der Waals surface area (Å²) in [6.45, 7) is 5.80. The molecule has 0 saturated carbocycles. The number of benzene rings is 1. The first-order valence-corrected chi connectivity index (χ1v) is 6.70. The van der Waals surface area contributed by atoms with Crippen molar-refractivity contribution in [1.82, 2.24) is 0 Å². The Morgan fingerprint density at radius 3 is 2.41 bits per heavy atom. The molecule has 0 aliphatic heterocycles. The lowest BCUT2D eigenvalue weighted by molar-refractivity contribution is 0.117. The zero-order valence-electron chi connectivity index (χ0n) is 11.1. The van der Waals surface area contributed by atoms with Crippen LogP contribution >= 0.6 is 0 Å². The minimum absolute atomic E-state index is 0.00235. The topological polar surface area (TPSA) is 35.2 Å². The SMILES string of the molecule is CCCCCOCC(N)c1ccc(CC)cc1. The van der Waals surface area contributed by atoms with E-state index in [1.165, 1.54) is 18.4 Å². The quantitative estimate of drug-likeness (QED) is 0.700. The summed E-state index contributed by atoms with van der Waals surface area (Å²) in [6.07, 6.45) is 4.68. The molecule has 0 amide bonds. The number of hydrogen-bond acceptors (Lipinski definition) is 2. The van der Waals surface area contributed by atoms with Gasteiger partial charge in [-0.2, -0.15) is 0 Å². The van der Waals surface area contributed by atoms with Crippen LogP contribution in [0.25, 0.3) is 0 Å². The van der Waals surface area contributed by atoms with E-state index in [2.05, 4.69) is 38.1 Å². The van der Waals surface area contributed by atoms with Crippen LogP contribution < -0.4 is 5.73 Å². The molecule has 96 valence electrons. The van der Waals surface area contributed by atoms with E-state index in [-0.39, 0.29) is 6.04 Å². The second-order valence-electron chi connectivity index (χ2n) is 4.48. The first-order valence-electron chi connectivity index (χ1n) is 6.70. The third-order valence-corrected chi connectivity index (χ3v) is 3.01. The van der Waals surface area contributed by atoms with Gasteiger partial charge in [-0.3, -0.25) is 0 Å². The third-order valence-electron chi connectivity index (χ3n) is 3.01. The van der Waals surface area contributed by atoms with Gasteiger partial charge in [-0.15, -0.1) is 0 Å². The van der Waals surface area contributed by atoms with Crippen molar-refractivity contribution in [2.75, 3.05) is 13.2 Å². The zero-order valence-corrected chi connectivity index (χ0v) is 11.1. The second-order valence-corrected chi connectivity index (χ2v) is 4.48. The molecule has 1 unspecified atom stereocenters. The molecular formula is C15H25NO. The van der Waals surface area contributed by atoms with Crippen molar-refractivity contribution in [3.05, 3.63) is 35.4 Å². The van der Waals surface area contributed by atoms with Crippen molar-refractivity contribution in [2.45, 2.75) is 45.6 Å². The van der Waals surface area contributed by atoms with Crippen LogP contribution in [0.1, 0.15) is 50.3 Å². The van der Waals surface area contributed by atoms with Gasteiger partial charge in [0.1, 0.15) is 0 Å². The fraction of sp³-hybridized carbons (Fsp3) is 0.600. The second kappa shape index (κ2) is 8.26. The largest absolute Gasteiger partial charge is 0.379 e. The number of hydrogen-bond donors (Lipinski definition) is 1. The average Bonchev–Trinajstić information content (AvgIpc) is 2.38. The molecule has 2 N–H and O–H groups in total. The van der Waals surface area contributed by atoms with E-state index in [9.17, 15) is 0 Å². The van der Waals surface area contributed by atoms with Crippen LogP contribution in [-0.2, 0) is 11.2 Å². The highest BCUT2D eigenvalue weighted by Gasteiger charge is 2.05. The molecule has 1 rings (SSSR count). The molecule has 0 spiro atoms.